The van der Waals surface area contributed by atoms with Gasteiger partial charge in [0.1, 0.15) is 6.61 Å². The van der Waals surface area contributed by atoms with Crippen molar-refractivity contribution in [1.29, 1.82) is 0 Å². The van der Waals surface area contributed by atoms with Gasteiger partial charge in [0.05, 0.1) is 10.9 Å². The van der Waals surface area contributed by atoms with Crippen molar-refractivity contribution >= 4 is 38.9 Å². The minimum absolute atomic E-state index is 0.507. The molecular formula is C15H17BrClNO2S. The monoisotopic (exact) mass is 389 g/mol. The van der Waals surface area contributed by atoms with Gasteiger partial charge in [-0.25, -0.2) is 0 Å². The Hall–Kier alpha value is -0.750. The summed E-state index contributed by atoms with van der Waals surface area (Å²) in [6.45, 7) is 4.14. The summed E-state index contributed by atoms with van der Waals surface area (Å²) in [6, 6.07) is 7.74. The Morgan fingerprint density at radius 3 is 2.76 bits per heavy atom. The van der Waals surface area contributed by atoms with Crippen molar-refractivity contribution in [3.63, 3.8) is 0 Å². The molecular weight excluding hydrogens is 374 g/mol. The molecule has 0 amide bonds. The van der Waals surface area contributed by atoms with E-state index >= 15 is 0 Å². The number of hydrogen-bond acceptors (Lipinski definition) is 4. The Morgan fingerprint density at radius 2 is 2.14 bits per heavy atom. The Morgan fingerprint density at radius 1 is 1.33 bits per heavy atom. The van der Waals surface area contributed by atoms with Crippen LogP contribution in [0.25, 0.3) is 0 Å². The van der Waals surface area contributed by atoms with Gasteiger partial charge in [0.25, 0.3) is 0 Å². The van der Waals surface area contributed by atoms with E-state index in [1.54, 1.807) is 24.5 Å². The van der Waals surface area contributed by atoms with E-state index < -0.39 is 0 Å². The van der Waals surface area contributed by atoms with Gasteiger partial charge in [0, 0.05) is 28.1 Å². The summed E-state index contributed by atoms with van der Waals surface area (Å²) >= 11 is 11.2. The van der Waals surface area contributed by atoms with Gasteiger partial charge in [0.15, 0.2) is 11.5 Å². The number of ether oxygens (including phenoxy) is 2. The molecule has 3 nitrogen and oxygen atoms in total. The first-order valence-corrected chi connectivity index (χ1v) is 8.57. The Labute approximate surface area is 142 Å². The first-order chi connectivity index (χ1) is 10.1. The van der Waals surface area contributed by atoms with E-state index in [2.05, 4.69) is 28.2 Å². The fraction of sp³-hybridized carbons (Fsp3) is 0.333. The molecule has 0 spiro atoms. The van der Waals surface area contributed by atoms with Crippen LogP contribution in [0.3, 0.4) is 0 Å². The topological polar surface area (TPSA) is 30.5 Å². The molecule has 1 aromatic heterocycles. The van der Waals surface area contributed by atoms with Crippen LogP contribution in [-0.4, -0.2) is 13.7 Å². The van der Waals surface area contributed by atoms with Crippen LogP contribution in [0.15, 0.2) is 28.1 Å². The maximum atomic E-state index is 6.13. The van der Waals surface area contributed by atoms with Gasteiger partial charge in [-0.3, -0.25) is 0 Å². The van der Waals surface area contributed by atoms with E-state index in [-0.39, 0.29) is 0 Å². The van der Waals surface area contributed by atoms with E-state index in [0.29, 0.717) is 23.9 Å². The lowest BCUT2D eigenvalue weighted by molar-refractivity contribution is 0.283. The van der Waals surface area contributed by atoms with Crippen LogP contribution in [0.2, 0.25) is 5.02 Å². The molecule has 21 heavy (non-hydrogen) atoms. The lowest BCUT2D eigenvalue weighted by Crippen LogP contribution is -2.13. The molecule has 1 heterocycles. The average Bonchev–Trinajstić information content (AvgIpc) is 2.88. The lowest BCUT2D eigenvalue weighted by atomic mass is 10.2. The summed E-state index contributed by atoms with van der Waals surface area (Å²) in [6.07, 6.45) is 0. The molecule has 0 radical (unpaired) electrons. The highest BCUT2D eigenvalue weighted by molar-refractivity contribution is 9.11. The van der Waals surface area contributed by atoms with E-state index in [4.69, 9.17) is 21.1 Å². The Bertz CT molecular complexity index is 603. The molecule has 0 bridgehead atoms. The number of rotatable bonds is 7. The molecule has 0 saturated carbocycles. The molecule has 0 saturated heterocycles. The minimum Gasteiger partial charge on any atom is -0.493 e. The fourth-order valence-corrected chi connectivity index (χ4v) is 3.53. The minimum atomic E-state index is 0.507. The molecule has 6 heteroatoms. The molecule has 1 N–H and O–H groups in total. The maximum Gasteiger partial charge on any atom is 0.166 e. The van der Waals surface area contributed by atoms with Crippen molar-refractivity contribution in [3.8, 4) is 11.5 Å². The van der Waals surface area contributed by atoms with Crippen LogP contribution >= 0.6 is 38.9 Å². The molecule has 0 atom stereocenters. The zero-order chi connectivity index (χ0) is 15.2. The van der Waals surface area contributed by atoms with Crippen LogP contribution in [0.4, 0.5) is 0 Å². The predicted octanol–water partition coefficient (Wildman–Crippen LogP) is 4.86. The quantitative estimate of drug-likeness (QED) is 0.732. The highest BCUT2D eigenvalue weighted by Gasteiger charge is 2.13. The van der Waals surface area contributed by atoms with E-state index in [9.17, 15) is 0 Å². The van der Waals surface area contributed by atoms with Gasteiger partial charge < -0.3 is 14.8 Å². The first-order valence-electron chi connectivity index (χ1n) is 6.58. The van der Waals surface area contributed by atoms with E-state index in [1.165, 1.54) is 0 Å². The van der Waals surface area contributed by atoms with Crippen LogP contribution in [0.5, 0.6) is 11.5 Å². The van der Waals surface area contributed by atoms with Crippen LogP contribution in [-0.2, 0) is 13.2 Å². The molecule has 0 aliphatic carbocycles. The van der Waals surface area contributed by atoms with Gasteiger partial charge in [0.2, 0.25) is 0 Å². The van der Waals surface area contributed by atoms with Crippen molar-refractivity contribution in [2.75, 3.05) is 13.7 Å². The first kappa shape index (κ1) is 16.6. The molecule has 0 aliphatic rings. The van der Waals surface area contributed by atoms with Gasteiger partial charge >= 0.3 is 0 Å². The van der Waals surface area contributed by atoms with E-state index in [1.807, 2.05) is 18.2 Å². The Kier molecular flexibility index (Phi) is 6.36. The maximum absolute atomic E-state index is 6.13. The van der Waals surface area contributed by atoms with Crippen molar-refractivity contribution in [2.24, 2.45) is 0 Å². The number of benzene rings is 1. The summed E-state index contributed by atoms with van der Waals surface area (Å²) in [4.78, 5) is 1.15. The number of nitrogens with one attached hydrogen (secondary N) is 1. The van der Waals surface area contributed by atoms with Crippen LogP contribution in [0.1, 0.15) is 17.4 Å². The smallest absolute Gasteiger partial charge is 0.166 e. The largest absolute Gasteiger partial charge is 0.493 e. The second-order valence-electron chi connectivity index (χ2n) is 4.37. The third-order valence-electron chi connectivity index (χ3n) is 2.87. The number of methoxy groups -OCH3 is 1. The highest BCUT2D eigenvalue weighted by Crippen LogP contribution is 2.36. The molecule has 2 aromatic rings. The Balaban J connectivity index is 2.21. The molecule has 114 valence electrons. The third-order valence-corrected chi connectivity index (χ3v) is 4.68. The van der Waals surface area contributed by atoms with Crippen molar-refractivity contribution < 1.29 is 9.47 Å². The second-order valence-corrected chi connectivity index (χ2v) is 7.36. The van der Waals surface area contributed by atoms with Gasteiger partial charge in [-0.15, -0.1) is 11.3 Å². The van der Waals surface area contributed by atoms with Gasteiger partial charge in [-0.1, -0.05) is 18.5 Å². The number of thiophene rings is 1. The zero-order valence-electron chi connectivity index (χ0n) is 11.9. The highest BCUT2D eigenvalue weighted by atomic mass is 79.9. The standard InChI is InChI=1S/C15H17BrClNO2S/c1-3-18-8-10-6-11(17)7-13(19-2)15(10)20-9-12-4-5-14(16)21-12/h4-7,18H,3,8-9H2,1-2H3. The van der Waals surface area contributed by atoms with Crippen LogP contribution in [0, 0.1) is 0 Å². The molecule has 1 aromatic carbocycles. The predicted molar refractivity (Wildman–Crippen MR) is 91.7 cm³/mol. The summed E-state index contributed by atoms with van der Waals surface area (Å²) in [5.74, 6) is 1.40. The number of halogens is 2. The number of hydrogen-bond donors (Lipinski definition) is 1. The third kappa shape index (κ3) is 4.61. The summed E-state index contributed by atoms with van der Waals surface area (Å²) < 4.78 is 12.5. The second kappa shape index (κ2) is 8.03. The fourth-order valence-electron chi connectivity index (χ4n) is 1.90. The molecule has 0 unspecified atom stereocenters. The average molecular weight is 391 g/mol. The molecule has 0 aliphatic heterocycles. The SMILES string of the molecule is CCNCc1cc(Cl)cc(OC)c1OCc1ccc(Br)s1. The van der Waals surface area contributed by atoms with Crippen molar-refractivity contribution in [2.45, 2.75) is 20.1 Å². The van der Waals surface area contributed by atoms with Crippen molar-refractivity contribution in [3.05, 3.63) is 43.5 Å². The zero-order valence-corrected chi connectivity index (χ0v) is 15.1. The summed E-state index contributed by atoms with van der Waals surface area (Å²) in [7, 11) is 1.62. The van der Waals surface area contributed by atoms with Crippen molar-refractivity contribution in [1.82, 2.24) is 5.32 Å². The molecule has 0 fully saturated rings. The van der Waals surface area contributed by atoms with Gasteiger partial charge in [-0.05, 0) is 40.7 Å². The van der Waals surface area contributed by atoms with Gasteiger partial charge in [-0.2, -0.15) is 0 Å². The summed E-state index contributed by atoms with van der Waals surface area (Å²) in [5, 5.41) is 3.93. The lowest BCUT2D eigenvalue weighted by Gasteiger charge is -2.15. The van der Waals surface area contributed by atoms with E-state index in [0.717, 1.165) is 26.5 Å². The van der Waals surface area contributed by atoms with Crippen LogP contribution < -0.4 is 14.8 Å². The molecule has 2 rings (SSSR count). The normalized spacial score (nSPS) is 10.7. The summed E-state index contributed by atoms with van der Waals surface area (Å²) in [5.41, 5.74) is 0.997.